The maximum absolute atomic E-state index is 12.3. The molecule has 1 amide bonds. The lowest BCUT2D eigenvalue weighted by Crippen LogP contribution is -2.40. The Morgan fingerprint density at radius 1 is 1.38 bits per heavy atom. The number of hydrogen-bond acceptors (Lipinski definition) is 4. The van der Waals surface area contributed by atoms with Gasteiger partial charge in [0.2, 0.25) is 11.8 Å². The van der Waals surface area contributed by atoms with E-state index >= 15 is 0 Å². The zero-order chi connectivity index (χ0) is 16.9. The number of nitrogens with zero attached hydrogens (tertiary/aromatic N) is 1. The Morgan fingerprint density at radius 3 is 2.96 bits per heavy atom. The minimum absolute atomic E-state index is 0.0545. The molecular formula is C18H20BrN3O2. The van der Waals surface area contributed by atoms with E-state index in [0.717, 1.165) is 23.9 Å². The minimum Gasteiger partial charge on any atom is -0.439 e. The summed E-state index contributed by atoms with van der Waals surface area (Å²) in [7, 11) is 0. The summed E-state index contributed by atoms with van der Waals surface area (Å²) in [6.07, 6.45) is 3.35. The van der Waals surface area contributed by atoms with E-state index in [2.05, 4.69) is 38.5 Å². The summed E-state index contributed by atoms with van der Waals surface area (Å²) in [5.41, 5.74) is 0.688. The first-order valence-electron chi connectivity index (χ1n) is 8.04. The van der Waals surface area contributed by atoms with Crippen LogP contribution in [0.2, 0.25) is 0 Å². The van der Waals surface area contributed by atoms with Crippen LogP contribution in [-0.4, -0.2) is 23.5 Å². The number of piperidine rings is 1. The Morgan fingerprint density at radius 2 is 2.25 bits per heavy atom. The molecule has 0 saturated carbocycles. The number of pyridine rings is 1. The second kappa shape index (κ2) is 7.77. The van der Waals surface area contributed by atoms with Crippen LogP contribution in [0.1, 0.15) is 19.8 Å². The fourth-order valence-corrected chi connectivity index (χ4v) is 3.16. The maximum Gasteiger partial charge on any atom is 0.227 e. The number of rotatable bonds is 4. The molecule has 1 fully saturated rings. The summed E-state index contributed by atoms with van der Waals surface area (Å²) in [6, 6.07) is 11.5. The van der Waals surface area contributed by atoms with Gasteiger partial charge in [0.05, 0.1) is 11.9 Å². The lowest BCUT2D eigenvalue weighted by molar-refractivity contribution is -0.120. The largest absolute Gasteiger partial charge is 0.439 e. The van der Waals surface area contributed by atoms with E-state index < -0.39 is 0 Å². The number of anilines is 1. The highest BCUT2D eigenvalue weighted by Gasteiger charge is 2.24. The minimum atomic E-state index is 0.0545. The fourth-order valence-electron chi connectivity index (χ4n) is 2.78. The standard InChI is InChI=1S/C18H20BrN3O2/c1-12-9-13(7-8-20-12)18(23)22-15-5-6-17(21-11-15)24-16-4-2-3-14(19)10-16/h2-6,10-13,20H,7-9H2,1H3,(H,22,23)/t12-,13-/m0/s1. The van der Waals surface area contributed by atoms with Crippen molar-refractivity contribution in [1.29, 1.82) is 0 Å². The van der Waals surface area contributed by atoms with Gasteiger partial charge in [0.25, 0.3) is 0 Å². The quantitative estimate of drug-likeness (QED) is 0.830. The van der Waals surface area contributed by atoms with E-state index in [9.17, 15) is 4.79 Å². The van der Waals surface area contributed by atoms with Crippen LogP contribution in [0.4, 0.5) is 5.69 Å². The van der Waals surface area contributed by atoms with Gasteiger partial charge in [0, 0.05) is 22.5 Å². The molecule has 1 saturated heterocycles. The Hall–Kier alpha value is -1.92. The van der Waals surface area contributed by atoms with E-state index in [1.807, 2.05) is 30.3 Å². The normalized spacial score (nSPS) is 20.4. The van der Waals surface area contributed by atoms with Crippen LogP contribution in [-0.2, 0) is 4.79 Å². The number of benzene rings is 1. The summed E-state index contributed by atoms with van der Waals surface area (Å²) in [5.74, 6) is 1.31. The van der Waals surface area contributed by atoms with E-state index in [4.69, 9.17) is 4.74 Å². The van der Waals surface area contributed by atoms with Crippen molar-refractivity contribution in [3.05, 3.63) is 47.1 Å². The van der Waals surface area contributed by atoms with Gasteiger partial charge in [0.15, 0.2) is 0 Å². The molecule has 1 aromatic heterocycles. The first kappa shape index (κ1) is 16.9. The molecule has 2 heterocycles. The van der Waals surface area contributed by atoms with Crippen molar-refractivity contribution in [2.45, 2.75) is 25.8 Å². The molecule has 3 rings (SSSR count). The van der Waals surface area contributed by atoms with Crippen LogP contribution in [0.15, 0.2) is 47.1 Å². The number of carbonyl (C=O) groups is 1. The zero-order valence-corrected chi connectivity index (χ0v) is 15.0. The average molecular weight is 390 g/mol. The van der Waals surface area contributed by atoms with Crippen molar-refractivity contribution in [1.82, 2.24) is 10.3 Å². The molecule has 0 spiro atoms. The molecule has 1 aliphatic heterocycles. The third kappa shape index (κ3) is 4.55. The number of halogens is 1. The SMILES string of the molecule is C[C@H]1C[C@@H](C(=O)Nc2ccc(Oc3cccc(Br)c3)nc2)CCN1. The molecule has 2 N–H and O–H groups in total. The van der Waals surface area contributed by atoms with Gasteiger partial charge in [0.1, 0.15) is 5.75 Å². The molecule has 2 atom stereocenters. The number of ether oxygens (including phenoxy) is 1. The maximum atomic E-state index is 12.3. The predicted octanol–water partition coefficient (Wildman–Crippen LogP) is 3.96. The molecule has 126 valence electrons. The van der Waals surface area contributed by atoms with Gasteiger partial charge in [-0.1, -0.05) is 22.0 Å². The van der Waals surface area contributed by atoms with Crippen LogP contribution in [0, 0.1) is 5.92 Å². The molecule has 5 nitrogen and oxygen atoms in total. The third-order valence-corrected chi connectivity index (χ3v) is 4.51. The van der Waals surface area contributed by atoms with Crippen molar-refractivity contribution >= 4 is 27.5 Å². The number of carbonyl (C=O) groups excluding carboxylic acids is 1. The van der Waals surface area contributed by atoms with Crippen molar-refractivity contribution in [2.24, 2.45) is 5.92 Å². The first-order valence-corrected chi connectivity index (χ1v) is 8.83. The molecule has 1 aromatic carbocycles. The van der Waals surface area contributed by atoms with Gasteiger partial charge in [-0.05, 0) is 50.6 Å². The van der Waals surface area contributed by atoms with Crippen molar-refractivity contribution in [3.63, 3.8) is 0 Å². The summed E-state index contributed by atoms with van der Waals surface area (Å²) in [6.45, 7) is 2.99. The smallest absolute Gasteiger partial charge is 0.227 e. The molecule has 0 bridgehead atoms. The van der Waals surface area contributed by atoms with Gasteiger partial charge in [-0.25, -0.2) is 4.98 Å². The summed E-state index contributed by atoms with van der Waals surface area (Å²) in [4.78, 5) is 16.6. The number of nitrogens with one attached hydrogen (secondary N) is 2. The van der Waals surface area contributed by atoms with E-state index in [0.29, 0.717) is 23.4 Å². The number of aromatic nitrogens is 1. The predicted molar refractivity (Wildman–Crippen MR) is 97.3 cm³/mol. The molecule has 0 unspecified atom stereocenters. The highest BCUT2D eigenvalue weighted by Crippen LogP contribution is 2.24. The number of hydrogen-bond donors (Lipinski definition) is 2. The summed E-state index contributed by atoms with van der Waals surface area (Å²) in [5, 5.41) is 6.29. The van der Waals surface area contributed by atoms with Gasteiger partial charge in [-0.3, -0.25) is 4.79 Å². The molecule has 2 aromatic rings. The van der Waals surface area contributed by atoms with E-state index in [1.165, 1.54) is 0 Å². The van der Waals surface area contributed by atoms with Gasteiger partial charge >= 0.3 is 0 Å². The van der Waals surface area contributed by atoms with Crippen LogP contribution < -0.4 is 15.4 Å². The van der Waals surface area contributed by atoms with Crippen molar-refractivity contribution in [2.75, 3.05) is 11.9 Å². The first-order chi connectivity index (χ1) is 11.6. The van der Waals surface area contributed by atoms with Gasteiger partial charge in [-0.2, -0.15) is 0 Å². The van der Waals surface area contributed by atoms with Crippen molar-refractivity contribution in [3.8, 4) is 11.6 Å². The Labute approximate surface area is 149 Å². The Kier molecular flexibility index (Phi) is 5.48. The van der Waals surface area contributed by atoms with Crippen LogP contribution >= 0.6 is 15.9 Å². The lowest BCUT2D eigenvalue weighted by Gasteiger charge is -2.27. The van der Waals surface area contributed by atoms with Crippen LogP contribution in [0.25, 0.3) is 0 Å². The van der Waals surface area contributed by atoms with Crippen molar-refractivity contribution < 1.29 is 9.53 Å². The summed E-state index contributed by atoms with van der Waals surface area (Å²) < 4.78 is 6.63. The topological polar surface area (TPSA) is 63.2 Å². The van der Waals surface area contributed by atoms with Crippen LogP contribution in [0.3, 0.4) is 0 Å². The molecule has 0 radical (unpaired) electrons. The van der Waals surface area contributed by atoms with Gasteiger partial charge < -0.3 is 15.4 Å². The Balaban J connectivity index is 1.59. The average Bonchev–Trinajstić information content (AvgIpc) is 2.57. The lowest BCUT2D eigenvalue weighted by atomic mass is 9.92. The Bertz CT molecular complexity index is 706. The monoisotopic (exact) mass is 389 g/mol. The van der Waals surface area contributed by atoms with E-state index in [1.54, 1.807) is 12.3 Å². The zero-order valence-electron chi connectivity index (χ0n) is 13.5. The van der Waals surface area contributed by atoms with E-state index in [-0.39, 0.29) is 11.8 Å². The van der Waals surface area contributed by atoms with Gasteiger partial charge in [-0.15, -0.1) is 0 Å². The molecular weight excluding hydrogens is 370 g/mol. The molecule has 0 aliphatic carbocycles. The highest BCUT2D eigenvalue weighted by atomic mass is 79.9. The van der Waals surface area contributed by atoms with Crippen LogP contribution in [0.5, 0.6) is 11.6 Å². The fraction of sp³-hybridized carbons (Fsp3) is 0.333. The molecule has 1 aliphatic rings. The molecule has 6 heteroatoms. The summed E-state index contributed by atoms with van der Waals surface area (Å²) >= 11 is 3.40. The second-order valence-corrected chi connectivity index (χ2v) is 6.93. The highest BCUT2D eigenvalue weighted by molar-refractivity contribution is 9.10. The number of amides is 1. The second-order valence-electron chi connectivity index (χ2n) is 6.01. The third-order valence-electron chi connectivity index (χ3n) is 4.02. The molecule has 24 heavy (non-hydrogen) atoms.